The van der Waals surface area contributed by atoms with Gasteiger partial charge in [0.05, 0.1) is 6.61 Å². The van der Waals surface area contributed by atoms with Gasteiger partial charge in [-0.3, -0.25) is 4.79 Å². The fraction of sp³-hybridized carbons (Fsp3) is 0.875. The topological polar surface area (TPSA) is 38.3 Å². The van der Waals surface area contributed by atoms with Crippen LogP contribution in [0.4, 0.5) is 13.2 Å². The van der Waals surface area contributed by atoms with Gasteiger partial charge in [-0.2, -0.15) is 13.2 Å². The van der Waals surface area contributed by atoms with Crippen LogP contribution in [0.25, 0.3) is 0 Å². The molecule has 0 spiro atoms. The van der Waals surface area contributed by atoms with Gasteiger partial charge in [-0.05, 0) is 12.8 Å². The summed E-state index contributed by atoms with van der Waals surface area (Å²) in [5.41, 5.74) is 0. The summed E-state index contributed by atoms with van der Waals surface area (Å²) in [7, 11) is 1.45. The van der Waals surface area contributed by atoms with E-state index in [-0.39, 0.29) is 5.92 Å². The zero-order chi connectivity index (χ0) is 11.4. The van der Waals surface area contributed by atoms with Crippen LogP contribution in [0.3, 0.4) is 0 Å². The van der Waals surface area contributed by atoms with Crippen molar-refractivity contribution in [2.24, 2.45) is 5.92 Å². The van der Waals surface area contributed by atoms with Crippen molar-refractivity contribution in [2.45, 2.75) is 26.1 Å². The van der Waals surface area contributed by atoms with Gasteiger partial charge in [-0.15, -0.1) is 0 Å². The van der Waals surface area contributed by atoms with Crippen LogP contribution < -0.4 is 5.32 Å². The number of halogens is 3. The van der Waals surface area contributed by atoms with Crippen LogP contribution in [0.5, 0.6) is 0 Å². The first kappa shape index (κ1) is 13.2. The Morgan fingerprint density at radius 3 is 2.29 bits per heavy atom. The van der Waals surface area contributed by atoms with Crippen molar-refractivity contribution in [1.82, 2.24) is 5.32 Å². The Morgan fingerprint density at radius 1 is 1.43 bits per heavy atom. The second-order valence-corrected chi connectivity index (χ2v) is 3.19. The van der Waals surface area contributed by atoms with E-state index < -0.39 is 18.1 Å². The van der Waals surface area contributed by atoms with Crippen LogP contribution in [0, 0.1) is 5.92 Å². The van der Waals surface area contributed by atoms with Gasteiger partial charge in [-0.25, -0.2) is 0 Å². The van der Waals surface area contributed by atoms with Crippen LogP contribution in [-0.2, 0) is 9.53 Å². The highest BCUT2D eigenvalue weighted by atomic mass is 19.4. The molecule has 0 saturated carbocycles. The molecule has 1 amide bonds. The molecule has 3 nitrogen and oxygen atoms in total. The van der Waals surface area contributed by atoms with Crippen molar-refractivity contribution in [3.63, 3.8) is 0 Å². The van der Waals surface area contributed by atoms with E-state index in [0.717, 1.165) is 0 Å². The molecule has 0 aromatic heterocycles. The summed E-state index contributed by atoms with van der Waals surface area (Å²) in [5.74, 6) is -2.07. The molecule has 2 atom stereocenters. The quantitative estimate of drug-likeness (QED) is 0.765. The summed E-state index contributed by atoms with van der Waals surface area (Å²) >= 11 is 0. The second kappa shape index (κ2) is 5.19. The number of ether oxygens (including phenoxy) is 1. The smallest absolute Gasteiger partial charge is 0.384 e. The highest BCUT2D eigenvalue weighted by Gasteiger charge is 2.39. The Kier molecular flexibility index (Phi) is 4.90. The highest BCUT2D eigenvalue weighted by Crippen LogP contribution is 2.15. The predicted molar refractivity (Wildman–Crippen MR) is 44.7 cm³/mol. The number of amides is 1. The van der Waals surface area contributed by atoms with Gasteiger partial charge in [0.25, 0.3) is 0 Å². The Morgan fingerprint density at radius 2 is 1.93 bits per heavy atom. The van der Waals surface area contributed by atoms with Gasteiger partial charge in [0.15, 0.2) is 0 Å². The molecule has 0 radical (unpaired) electrons. The molecule has 2 unspecified atom stereocenters. The SMILES string of the molecule is COCC(C)C(C)NC(=O)C(F)(F)F. The van der Waals surface area contributed by atoms with E-state index in [1.807, 2.05) is 5.32 Å². The molecule has 84 valence electrons. The van der Waals surface area contributed by atoms with Crippen molar-refractivity contribution in [3.05, 3.63) is 0 Å². The van der Waals surface area contributed by atoms with Crippen LogP contribution in [0.1, 0.15) is 13.8 Å². The Hall–Kier alpha value is -0.780. The molecular formula is C8H14F3NO2. The van der Waals surface area contributed by atoms with Crippen LogP contribution in [0.15, 0.2) is 0 Å². The number of carbonyl (C=O) groups excluding carboxylic acids is 1. The maximum absolute atomic E-state index is 11.8. The lowest BCUT2D eigenvalue weighted by Crippen LogP contribution is -2.45. The summed E-state index contributed by atoms with van der Waals surface area (Å²) < 4.78 is 40.2. The Balaban J connectivity index is 4.06. The third-order valence-corrected chi connectivity index (χ3v) is 1.90. The van der Waals surface area contributed by atoms with E-state index in [1.165, 1.54) is 14.0 Å². The average molecular weight is 213 g/mol. The summed E-state index contributed by atoms with van der Waals surface area (Å²) in [6.45, 7) is 3.51. The van der Waals surface area contributed by atoms with Gasteiger partial charge in [0.1, 0.15) is 0 Å². The average Bonchev–Trinajstić information content (AvgIpc) is 2.02. The maximum Gasteiger partial charge on any atom is 0.471 e. The lowest BCUT2D eigenvalue weighted by Gasteiger charge is -2.21. The summed E-state index contributed by atoms with van der Waals surface area (Å²) in [6.07, 6.45) is -4.82. The number of hydrogen-bond acceptors (Lipinski definition) is 2. The molecule has 0 aliphatic rings. The summed E-state index contributed by atoms with van der Waals surface area (Å²) in [6, 6.07) is -0.566. The Bertz CT molecular complexity index is 194. The molecule has 0 aliphatic heterocycles. The van der Waals surface area contributed by atoms with Crippen molar-refractivity contribution < 1.29 is 22.7 Å². The molecule has 0 heterocycles. The fourth-order valence-electron chi connectivity index (χ4n) is 0.838. The van der Waals surface area contributed by atoms with Crippen LogP contribution >= 0.6 is 0 Å². The minimum absolute atomic E-state index is 0.161. The Labute approximate surface area is 80.6 Å². The second-order valence-electron chi connectivity index (χ2n) is 3.19. The van der Waals surface area contributed by atoms with Crippen molar-refractivity contribution in [3.8, 4) is 0 Å². The molecule has 14 heavy (non-hydrogen) atoms. The molecular weight excluding hydrogens is 199 g/mol. The number of hydrogen-bond donors (Lipinski definition) is 1. The first-order valence-corrected chi connectivity index (χ1v) is 4.15. The molecule has 0 aromatic carbocycles. The number of methoxy groups -OCH3 is 1. The van der Waals surface area contributed by atoms with E-state index in [1.54, 1.807) is 6.92 Å². The molecule has 0 fully saturated rings. The highest BCUT2D eigenvalue weighted by molar-refractivity contribution is 5.81. The van der Waals surface area contributed by atoms with E-state index in [0.29, 0.717) is 6.61 Å². The van der Waals surface area contributed by atoms with E-state index >= 15 is 0 Å². The predicted octanol–water partition coefficient (Wildman–Crippen LogP) is 1.34. The van der Waals surface area contributed by atoms with Crippen LogP contribution in [0.2, 0.25) is 0 Å². The van der Waals surface area contributed by atoms with Gasteiger partial charge in [-0.1, -0.05) is 6.92 Å². The zero-order valence-electron chi connectivity index (χ0n) is 8.31. The lowest BCUT2D eigenvalue weighted by molar-refractivity contribution is -0.174. The van der Waals surface area contributed by atoms with Crippen LogP contribution in [-0.4, -0.2) is 31.8 Å². The van der Waals surface area contributed by atoms with Crippen molar-refractivity contribution >= 4 is 5.91 Å². The molecule has 0 rings (SSSR count). The maximum atomic E-state index is 11.8. The number of alkyl halides is 3. The molecule has 1 N–H and O–H groups in total. The fourth-order valence-corrected chi connectivity index (χ4v) is 0.838. The number of rotatable bonds is 4. The third-order valence-electron chi connectivity index (χ3n) is 1.90. The minimum atomic E-state index is -4.82. The monoisotopic (exact) mass is 213 g/mol. The van der Waals surface area contributed by atoms with Crippen molar-refractivity contribution in [1.29, 1.82) is 0 Å². The van der Waals surface area contributed by atoms with E-state index in [2.05, 4.69) is 0 Å². The number of carbonyl (C=O) groups is 1. The first-order valence-electron chi connectivity index (χ1n) is 4.15. The molecule has 0 saturated heterocycles. The number of nitrogens with one attached hydrogen (secondary N) is 1. The van der Waals surface area contributed by atoms with Gasteiger partial charge >= 0.3 is 12.1 Å². The summed E-state index contributed by atoms with van der Waals surface area (Å²) in [4.78, 5) is 10.5. The minimum Gasteiger partial charge on any atom is -0.384 e. The lowest BCUT2D eigenvalue weighted by atomic mass is 10.1. The largest absolute Gasteiger partial charge is 0.471 e. The van der Waals surface area contributed by atoms with Gasteiger partial charge < -0.3 is 10.1 Å². The third kappa shape index (κ3) is 4.45. The standard InChI is InChI=1S/C8H14F3NO2/c1-5(4-14-3)6(2)12-7(13)8(9,10)11/h5-6H,4H2,1-3H3,(H,12,13). The zero-order valence-corrected chi connectivity index (χ0v) is 8.31. The normalized spacial score (nSPS) is 16.1. The van der Waals surface area contributed by atoms with E-state index in [4.69, 9.17) is 4.74 Å². The van der Waals surface area contributed by atoms with Gasteiger partial charge in [0.2, 0.25) is 0 Å². The molecule has 0 bridgehead atoms. The van der Waals surface area contributed by atoms with Gasteiger partial charge in [0, 0.05) is 13.2 Å². The summed E-state index contributed by atoms with van der Waals surface area (Å²) in [5, 5.41) is 1.86. The first-order chi connectivity index (χ1) is 6.29. The van der Waals surface area contributed by atoms with E-state index in [9.17, 15) is 18.0 Å². The molecule has 0 aromatic rings. The molecule has 0 aliphatic carbocycles. The molecule has 6 heteroatoms. The van der Waals surface area contributed by atoms with Crippen molar-refractivity contribution in [2.75, 3.05) is 13.7 Å².